The van der Waals surface area contributed by atoms with Crippen LogP contribution in [0.25, 0.3) is 0 Å². The van der Waals surface area contributed by atoms with Crippen LogP contribution in [0.3, 0.4) is 0 Å². The number of β-lactam (4-membered cyclic amide) rings is 1. The van der Waals surface area contributed by atoms with Crippen LogP contribution in [0.2, 0.25) is 0 Å². The van der Waals surface area contributed by atoms with Crippen LogP contribution in [0.1, 0.15) is 66.2 Å². The Morgan fingerprint density at radius 1 is 0.973 bits per heavy atom. The maximum absolute atomic E-state index is 12.5. The molecule has 2 heterocycles. The van der Waals surface area contributed by atoms with Gasteiger partial charge in [-0.3, -0.25) is 19.3 Å². The Balaban J connectivity index is 0.00000361. The van der Waals surface area contributed by atoms with Gasteiger partial charge in [-0.05, 0) is 35.4 Å². The fourth-order valence-electron chi connectivity index (χ4n) is 4.41. The van der Waals surface area contributed by atoms with E-state index in [-0.39, 0.29) is 147 Å². The predicted octanol–water partition coefficient (Wildman–Crippen LogP) is -4.36. The molecule has 0 spiro atoms. The first-order valence-corrected chi connectivity index (χ1v) is 11.5. The first-order chi connectivity index (χ1) is 16.5. The molecule has 0 aliphatic carbocycles. The van der Waals surface area contributed by atoms with E-state index in [1.807, 2.05) is 0 Å². The summed E-state index contributed by atoms with van der Waals surface area (Å²) in [5.41, 5.74) is 11.6. The van der Waals surface area contributed by atoms with Gasteiger partial charge in [-0.1, -0.05) is 36.0 Å². The first kappa shape index (κ1) is 32.8. The number of rotatable bonds is 9. The van der Waals surface area contributed by atoms with Crippen LogP contribution >= 0.6 is 11.8 Å². The van der Waals surface area contributed by atoms with Gasteiger partial charge in [0, 0.05) is 28.9 Å². The van der Waals surface area contributed by atoms with Crippen LogP contribution < -0.4 is 114 Å². The summed E-state index contributed by atoms with van der Waals surface area (Å²) >= 11 is 1.12. The van der Waals surface area contributed by atoms with Crippen molar-refractivity contribution in [2.75, 3.05) is 0 Å². The third-order valence-corrected chi connectivity index (χ3v) is 7.57. The van der Waals surface area contributed by atoms with E-state index in [0.29, 0.717) is 11.1 Å². The molecular formula is C24H25K2N3O7S. The minimum atomic E-state index is -1.33. The number of nitrogens with two attached hydrogens (primary N) is 2. The van der Waals surface area contributed by atoms with Gasteiger partial charge >= 0.3 is 109 Å². The van der Waals surface area contributed by atoms with Gasteiger partial charge in [0.25, 0.3) is 0 Å². The van der Waals surface area contributed by atoms with Crippen LogP contribution in [0.5, 0.6) is 0 Å². The van der Waals surface area contributed by atoms with Crippen LogP contribution in [0.15, 0.2) is 59.1 Å². The number of carbonyl (C=O) groups excluding carboxylic acids is 3. The number of thioether (sulfide) groups is 1. The average molecular weight is 578 g/mol. The van der Waals surface area contributed by atoms with Gasteiger partial charge in [-0.2, -0.15) is 0 Å². The van der Waals surface area contributed by atoms with Crippen molar-refractivity contribution < 1.29 is 140 Å². The molecule has 1 unspecified atom stereocenters. The van der Waals surface area contributed by atoms with Crippen molar-refractivity contribution >= 4 is 35.5 Å². The fourth-order valence-corrected chi connectivity index (χ4v) is 6.11. The Labute approximate surface area is 305 Å². The van der Waals surface area contributed by atoms with Crippen molar-refractivity contribution in [3.05, 3.63) is 81.4 Å². The Bertz CT molecular complexity index is 1300. The van der Waals surface area contributed by atoms with Crippen molar-refractivity contribution in [2.45, 2.75) is 36.3 Å². The third-order valence-electron chi connectivity index (χ3n) is 6.09. The van der Waals surface area contributed by atoms with E-state index < -0.39 is 40.8 Å². The topological polar surface area (TPSA) is 184 Å². The van der Waals surface area contributed by atoms with E-state index in [0.717, 1.165) is 16.7 Å². The molecule has 7 N–H and O–H groups in total. The summed E-state index contributed by atoms with van der Waals surface area (Å²) in [6, 6.07) is 12.2. The number of benzene rings is 2. The molecule has 1 fully saturated rings. The molecule has 37 heavy (non-hydrogen) atoms. The van der Waals surface area contributed by atoms with E-state index in [4.69, 9.17) is 11.5 Å². The summed E-state index contributed by atoms with van der Waals surface area (Å²) in [4.78, 5) is 47.9. The second-order valence-corrected chi connectivity index (χ2v) is 9.91. The van der Waals surface area contributed by atoms with Gasteiger partial charge in [0.05, 0.1) is 18.6 Å². The zero-order chi connectivity index (χ0) is 25.5. The summed E-state index contributed by atoms with van der Waals surface area (Å²) in [5, 5.41) is 31.5. The molecule has 3 amide bonds. The number of hydrogen-bond acceptors (Lipinski definition) is 7. The van der Waals surface area contributed by atoms with Crippen molar-refractivity contribution in [1.82, 2.24) is 4.90 Å². The van der Waals surface area contributed by atoms with E-state index in [2.05, 4.69) is 0 Å². The maximum Gasteiger partial charge on any atom is 1.00 e. The molecule has 13 heteroatoms. The number of nitrogens with zero attached hydrogens (tertiary/aromatic N) is 1. The normalized spacial score (nSPS) is 19.6. The average Bonchev–Trinajstić information content (AvgIpc) is 3.06. The van der Waals surface area contributed by atoms with Gasteiger partial charge in [-0.15, -0.1) is 0 Å². The molecule has 0 saturated carbocycles. The first-order valence-electron chi connectivity index (χ1n) is 10.7. The number of carbonyl (C=O) groups is 4. The van der Waals surface area contributed by atoms with Crippen molar-refractivity contribution in [2.24, 2.45) is 11.5 Å². The molecule has 4 rings (SSSR count). The quantitative estimate of drug-likeness (QED) is 0.146. The molecule has 0 bridgehead atoms. The van der Waals surface area contributed by atoms with E-state index in [9.17, 15) is 34.5 Å². The number of hydrogen-bond donors (Lipinski definition) is 5. The van der Waals surface area contributed by atoms with E-state index >= 15 is 0 Å². The minimum absolute atomic E-state index is 0. The van der Waals surface area contributed by atoms with Crippen LogP contribution in [-0.2, 0) is 9.59 Å². The van der Waals surface area contributed by atoms with E-state index in [1.54, 1.807) is 24.3 Å². The van der Waals surface area contributed by atoms with Gasteiger partial charge in [0.1, 0.15) is 10.6 Å². The Kier molecular flexibility index (Phi) is 11.8. The standard InChI is InChI=1S/C24H23N3O7S.2K.2H/c25-21(31)14-5-1-3-12(7-14)16(28)9-18-20(23(33)34)27-19(30)11-24(27,35-18)10-17(29)13-4-2-6-15(8-13)22(26)32;;;;/h1-8,16-17,28-29H,9-11H2,(H2,25,31)(H2,26,32)(H,33,34);;;;/q;2*+1;2*-1/t16-,17-,24?;;;;/m0..../s1. The van der Waals surface area contributed by atoms with Crippen LogP contribution in [-0.4, -0.2) is 48.8 Å². The summed E-state index contributed by atoms with van der Waals surface area (Å²) in [6.07, 6.45) is -2.39. The number of aliphatic carboxylic acids is 1. The van der Waals surface area contributed by atoms with Gasteiger partial charge < -0.3 is 29.6 Å². The van der Waals surface area contributed by atoms with Crippen LogP contribution in [0.4, 0.5) is 0 Å². The second-order valence-electron chi connectivity index (χ2n) is 8.45. The molecule has 3 atom stereocenters. The monoisotopic (exact) mass is 577 g/mol. The summed E-state index contributed by atoms with van der Waals surface area (Å²) < 4.78 is 0. The maximum atomic E-state index is 12.5. The number of fused-ring (bicyclic) bond motifs is 1. The minimum Gasteiger partial charge on any atom is -1.00 e. The van der Waals surface area contributed by atoms with Gasteiger partial charge in [-0.25, -0.2) is 4.79 Å². The Morgan fingerprint density at radius 3 is 1.95 bits per heavy atom. The largest absolute Gasteiger partial charge is 1.00 e. The number of aliphatic hydroxyl groups is 2. The molecular weight excluding hydrogens is 553 g/mol. The second kappa shape index (κ2) is 13.3. The number of primary amides is 2. The summed E-state index contributed by atoms with van der Waals surface area (Å²) in [5.74, 6) is -3.05. The number of carboxylic acid groups (broad SMARTS) is 1. The molecule has 2 aliphatic rings. The van der Waals surface area contributed by atoms with E-state index in [1.165, 1.54) is 24.3 Å². The van der Waals surface area contributed by atoms with Crippen molar-refractivity contribution in [3.63, 3.8) is 0 Å². The zero-order valence-electron chi connectivity index (χ0n) is 22.4. The molecule has 2 aromatic carbocycles. The Morgan fingerprint density at radius 2 is 1.49 bits per heavy atom. The third kappa shape index (κ3) is 6.85. The SMILES string of the molecule is NC(=O)c1cccc([C@@H](O)CC2=C(C(=O)O)N3C(=O)CC3(C[C@H](O)c3cccc(C(N)=O)c3)S2)c1.[H-].[H-].[K+].[K+]. The fraction of sp³-hybridized carbons (Fsp3) is 0.250. The summed E-state index contributed by atoms with van der Waals surface area (Å²) in [7, 11) is 0. The molecule has 0 radical (unpaired) electrons. The molecule has 1 saturated heterocycles. The molecule has 10 nitrogen and oxygen atoms in total. The van der Waals surface area contributed by atoms with Crippen LogP contribution in [0, 0.1) is 0 Å². The van der Waals surface area contributed by atoms with Gasteiger partial charge in [0.2, 0.25) is 17.7 Å². The van der Waals surface area contributed by atoms with Gasteiger partial charge in [0.15, 0.2) is 0 Å². The predicted molar refractivity (Wildman–Crippen MR) is 128 cm³/mol. The summed E-state index contributed by atoms with van der Waals surface area (Å²) in [6.45, 7) is 0. The molecule has 186 valence electrons. The number of amides is 3. The van der Waals surface area contributed by atoms with Crippen molar-refractivity contribution in [1.29, 1.82) is 0 Å². The number of aliphatic hydroxyl groups excluding tert-OH is 2. The molecule has 0 aromatic heterocycles. The molecule has 2 aliphatic heterocycles. The molecule has 2 aromatic rings. The smallest absolute Gasteiger partial charge is 1.00 e. The Hall–Kier alpha value is -0.397. The zero-order valence-corrected chi connectivity index (χ0v) is 27.4. The number of carboxylic acids is 1. The van der Waals surface area contributed by atoms with Crippen molar-refractivity contribution in [3.8, 4) is 0 Å².